The Kier molecular flexibility index (Phi) is 8.88. The summed E-state index contributed by atoms with van der Waals surface area (Å²) in [7, 11) is -1.28. The van der Waals surface area contributed by atoms with Crippen LogP contribution in [0.1, 0.15) is 52.9 Å². The lowest BCUT2D eigenvalue weighted by atomic mass is 10.2. The predicted octanol–water partition coefficient (Wildman–Crippen LogP) is 4.64. The van der Waals surface area contributed by atoms with Crippen LogP contribution < -0.4 is 0 Å². The van der Waals surface area contributed by atoms with Gasteiger partial charge >= 0.3 is 0 Å². The molecule has 1 atom stereocenters. The van der Waals surface area contributed by atoms with Gasteiger partial charge in [0.1, 0.15) is 0 Å². The molecule has 0 rings (SSSR count). The zero-order valence-electron chi connectivity index (χ0n) is 12.8. The molecule has 0 radical (unpaired) electrons. The fourth-order valence-corrected chi connectivity index (χ4v) is 5.06. The SMILES string of the molecule is C=C[Si](C)(C)C(CC)N(CCCC)CCCC. The van der Waals surface area contributed by atoms with Crippen molar-refractivity contribution >= 4 is 8.07 Å². The van der Waals surface area contributed by atoms with E-state index in [0.717, 1.165) is 5.67 Å². The maximum atomic E-state index is 4.08. The summed E-state index contributed by atoms with van der Waals surface area (Å²) < 4.78 is 0. The quantitative estimate of drug-likeness (QED) is 0.514. The van der Waals surface area contributed by atoms with Gasteiger partial charge in [-0.15, -0.1) is 12.3 Å². The van der Waals surface area contributed by atoms with Crippen molar-refractivity contribution in [2.24, 2.45) is 0 Å². The highest BCUT2D eigenvalue weighted by Gasteiger charge is 2.31. The molecule has 1 unspecified atom stereocenters. The molecule has 0 aromatic heterocycles. The van der Waals surface area contributed by atoms with Crippen molar-refractivity contribution in [1.82, 2.24) is 4.90 Å². The van der Waals surface area contributed by atoms with Crippen molar-refractivity contribution in [3.8, 4) is 0 Å². The third-order valence-corrected chi connectivity index (χ3v) is 7.35. The van der Waals surface area contributed by atoms with E-state index in [1.807, 2.05) is 0 Å². The number of unbranched alkanes of at least 4 members (excludes halogenated alkanes) is 2. The highest BCUT2D eigenvalue weighted by molar-refractivity contribution is 6.83. The normalized spacial score (nSPS) is 14.0. The summed E-state index contributed by atoms with van der Waals surface area (Å²) in [5.74, 6) is 0. The van der Waals surface area contributed by atoms with E-state index in [2.05, 4.69) is 51.0 Å². The first kappa shape index (κ1) is 16.9. The van der Waals surface area contributed by atoms with Crippen molar-refractivity contribution in [3.63, 3.8) is 0 Å². The van der Waals surface area contributed by atoms with Gasteiger partial charge in [0.25, 0.3) is 0 Å². The Morgan fingerprint density at radius 2 is 1.53 bits per heavy atom. The number of nitrogens with zero attached hydrogens (tertiary/aromatic N) is 1. The minimum Gasteiger partial charge on any atom is -0.303 e. The third-order valence-electron chi connectivity index (χ3n) is 3.81. The molecule has 0 heterocycles. The fraction of sp³-hybridized carbons (Fsp3) is 0.867. The van der Waals surface area contributed by atoms with Gasteiger partial charge in [-0.3, -0.25) is 0 Å². The van der Waals surface area contributed by atoms with Gasteiger partial charge in [-0.05, 0) is 32.4 Å². The number of hydrogen-bond acceptors (Lipinski definition) is 1. The predicted molar refractivity (Wildman–Crippen MR) is 83.1 cm³/mol. The monoisotopic (exact) mass is 255 g/mol. The van der Waals surface area contributed by atoms with Gasteiger partial charge < -0.3 is 4.90 Å². The minimum absolute atomic E-state index is 0.776. The molecule has 0 N–H and O–H groups in total. The van der Waals surface area contributed by atoms with Gasteiger partial charge in [0, 0.05) is 5.67 Å². The molecule has 0 aliphatic heterocycles. The van der Waals surface area contributed by atoms with Gasteiger partial charge in [0.05, 0.1) is 8.07 Å². The van der Waals surface area contributed by atoms with Crippen LogP contribution in [0, 0.1) is 0 Å². The molecule has 2 heteroatoms. The van der Waals surface area contributed by atoms with Crippen LogP contribution in [0.25, 0.3) is 0 Å². The fourth-order valence-electron chi connectivity index (χ4n) is 2.54. The first-order valence-electron chi connectivity index (χ1n) is 7.41. The van der Waals surface area contributed by atoms with Gasteiger partial charge in [-0.2, -0.15) is 0 Å². The standard InChI is InChI=1S/C15H33NSi/c1-7-11-13-16(14-12-8-2)15(9-3)17(5,6)10-4/h10,15H,4,7-9,11-14H2,1-3,5-6H3. The molecule has 1 nitrogen and oxygen atoms in total. The van der Waals surface area contributed by atoms with Crippen molar-refractivity contribution in [3.05, 3.63) is 12.3 Å². The molecule has 0 fully saturated rings. The lowest BCUT2D eigenvalue weighted by molar-refractivity contribution is 0.232. The summed E-state index contributed by atoms with van der Waals surface area (Å²) in [6, 6.07) is 0. The van der Waals surface area contributed by atoms with E-state index in [1.54, 1.807) is 0 Å². The highest BCUT2D eigenvalue weighted by atomic mass is 28.3. The second-order valence-corrected chi connectivity index (χ2v) is 10.4. The van der Waals surface area contributed by atoms with E-state index >= 15 is 0 Å². The molecule has 0 amide bonds. The van der Waals surface area contributed by atoms with E-state index < -0.39 is 8.07 Å². The Morgan fingerprint density at radius 3 is 1.82 bits per heavy atom. The van der Waals surface area contributed by atoms with Gasteiger partial charge in [-0.1, -0.05) is 46.7 Å². The Bertz CT molecular complexity index is 193. The Labute approximate surface area is 110 Å². The molecular formula is C15H33NSi. The third kappa shape index (κ3) is 5.87. The summed E-state index contributed by atoms with van der Waals surface area (Å²) in [5.41, 5.74) is 3.05. The van der Waals surface area contributed by atoms with Crippen LogP contribution in [0.5, 0.6) is 0 Å². The average molecular weight is 256 g/mol. The Morgan fingerprint density at radius 1 is 1.06 bits per heavy atom. The minimum atomic E-state index is -1.28. The number of rotatable bonds is 10. The van der Waals surface area contributed by atoms with E-state index in [0.29, 0.717) is 0 Å². The number of hydrogen-bond donors (Lipinski definition) is 0. The molecule has 0 saturated heterocycles. The van der Waals surface area contributed by atoms with Gasteiger partial charge in [-0.25, -0.2) is 0 Å². The van der Waals surface area contributed by atoms with Crippen molar-refractivity contribution < 1.29 is 0 Å². The van der Waals surface area contributed by atoms with Crippen LogP contribution in [-0.2, 0) is 0 Å². The van der Waals surface area contributed by atoms with Crippen LogP contribution >= 0.6 is 0 Å². The molecule has 0 aromatic rings. The average Bonchev–Trinajstić information content (AvgIpc) is 2.32. The first-order valence-corrected chi connectivity index (χ1v) is 10.6. The lowest BCUT2D eigenvalue weighted by Gasteiger charge is -2.39. The first-order chi connectivity index (χ1) is 8.03. The van der Waals surface area contributed by atoms with Crippen molar-refractivity contribution in [2.45, 2.75) is 71.6 Å². The molecule has 0 aromatic carbocycles. The smallest absolute Gasteiger partial charge is 0.0893 e. The van der Waals surface area contributed by atoms with Crippen molar-refractivity contribution in [2.75, 3.05) is 13.1 Å². The summed E-state index contributed by atoms with van der Waals surface area (Å²) in [6.07, 6.45) is 6.55. The molecule has 0 bridgehead atoms. The molecule has 0 aliphatic rings. The highest BCUT2D eigenvalue weighted by Crippen LogP contribution is 2.20. The molecule has 0 aliphatic carbocycles. The van der Waals surface area contributed by atoms with E-state index in [-0.39, 0.29) is 0 Å². The van der Waals surface area contributed by atoms with Crippen molar-refractivity contribution in [1.29, 1.82) is 0 Å². The van der Waals surface area contributed by atoms with E-state index in [9.17, 15) is 0 Å². The van der Waals surface area contributed by atoms with Crippen LogP contribution in [-0.4, -0.2) is 31.7 Å². The molecule has 0 spiro atoms. The lowest BCUT2D eigenvalue weighted by Crippen LogP contribution is -2.52. The zero-order chi connectivity index (χ0) is 13.3. The topological polar surface area (TPSA) is 3.24 Å². The summed E-state index contributed by atoms with van der Waals surface area (Å²) >= 11 is 0. The van der Waals surface area contributed by atoms with Crippen LogP contribution in [0.15, 0.2) is 12.3 Å². The maximum Gasteiger partial charge on any atom is 0.0893 e. The molecule has 17 heavy (non-hydrogen) atoms. The summed E-state index contributed by atoms with van der Waals surface area (Å²) in [5, 5.41) is 0. The molecule has 0 saturated carbocycles. The van der Waals surface area contributed by atoms with Crippen LogP contribution in [0.2, 0.25) is 13.1 Å². The summed E-state index contributed by atoms with van der Waals surface area (Å²) in [6.45, 7) is 18.5. The van der Waals surface area contributed by atoms with Crippen LogP contribution in [0.4, 0.5) is 0 Å². The zero-order valence-corrected chi connectivity index (χ0v) is 13.8. The van der Waals surface area contributed by atoms with Crippen LogP contribution in [0.3, 0.4) is 0 Å². The maximum absolute atomic E-state index is 4.08. The molecule has 102 valence electrons. The Hall–Kier alpha value is -0.0831. The van der Waals surface area contributed by atoms with E-state index in [1.165, 1.54) is 45.2 Å². The largest absolute Gasteiger partial charge is 0.303 e. The molecular weight excluding hydrogens is 222 g/mol. The second kappa shape index (κ2) is 8.93. The second-order valence-electron chi connectivity index (χ2n) is 5.69. The summed E-state index contributed by atoms with van der Waals surface area (Å²) in [4.78, 5) is 2.75. The Balaban J connectivity index is 4.63. The van der Waals surface area contributed by atoms with Gasteiger partial charge in [0.15, 0.2) is 0 Å². The van der Waals surface area contributed by atoms with Gasteiger partial charge in [0.2, 0.25) is 0 Å². The van der Waals surface area contributed by atoms with E-state index in [4.69, 9.17) is 0 Å².